The molecule has 0 aromatic heterocycles. The minimum atomic E-state index is -3.20. The van der Waals surface area contributed by atoms with Gasteiger partial charge in [0.15, 0.2) is 15.9 Å². The van der Waals surface area contributed by atoms with Crippen LogP contribution in [-0.4, -0.2) is 32.5 Å². The maximum atomic E-state index is 12.4. The summed E-state index contributed by atoms with van der Waals surface area (Å²) in [5.41, 5.74) is 2.31. The Labute approximate surface area is 153 Å². The number of ketones is 1. The van der Waals surface area contributed by atoms with Crippen LogP contribution < -0.4 is 0 Å². The second kappa shape index (κ2) is 8.27. The van der Waals surface area contributed by atoms with Crippen molar-refractivity contribution in [3.8, 4) is 0 Å². The third-order valence-corrected chi connectivity index (χ3v) is 4.75. The molecule has 0 bridgehead atoms. The van der Waals surface area contributed by atoms with E-state index < -0.39 is 21.9 Å². The van der Waals surface area contributed by atoms with Crippen LogP contribution in [0.2, 0.25) is 0 Å². The number of ether oxygens (including phenoxy) is 1. The first-order valence-corrected chi connectivity index (χ1v) is 10.4. The molecule has 0 amide bonds. The number of Topliss-reactive ketones (excluding diaryl/α,β-unsaturated/α-hetero) is 1. The molecule has 26 heavy (non-hydrogen) atoms. The van der Waals surface area contributed by atoms with Gasteiger partial charge in [-0.1, -0.05) is 43.3 Å². The van der Waals surface area contributed by atoms with Crippen molar-refractivity contribution in [1.82, 2.24) is 0 Å². The van der Waals surface area contributed by atoms with Crippen LogP contribution in [0.4, 0.5) is 0 Å². The molecule has 0 heterocycles. The van der Waals surface area contributed by atoms with Crippen molar-refractivity contribution >= 4 is 21.6 Å². The number of esters is 1. The summed E-state index contributed by atoms with van der Waals surface area (Å²) in [6, 6.07) is 13.4. The predicted molar refractivity (Wildman–Crippen MR) is 100 cm³/mol. The first-order chi connectivity index (χ1) is 12.2. The summed E-state index contributed by atoms with van der Waals surface area (Å²) in [5.74, 6) is -1.11. The maximum Gasteiger partial charge on any atom is 0.338 e. The van der Waals surface area contributed by atoms with Crippen molar-refractivity contribution in [1.29, 1.82) is 0 Å². The highest BCUT2D eigenvalue weighted by molar-refractivity contribution is 7.89. The van der Waals surface area contributed by atoms with Gasteiger partial charge in [0.2, 0.25) is 5.78 Å². The Morgan fingerprint density at radius 3 is 2.23 bits per heavy atom. The highest BCUT2D eigenvalue weighted by Gasteiger charge is 2.20. The van der Waals surface area contributed by atoms with Gasteiger partial charge < -0.3 is 4.74 Å². The van der Waals surface area contributed by atoms with Gasteiger partial charge >= 0.3 is 5.97 Å². The van der Waals surface area contributed by atoms with Gasteiger partial charge in [0.05, 0.1) is 11.3 Å². The van der Waals surface area contributed by atoms with Crippen molar-refractivity contribution in [2.45, 2.75) is 32.1 Å². The molecular formula is C20H22O5S. The molecular weight excluding hydrogens is 352 g/mol. The van der Waals surface area contributed by atoms with Crippen LogP contribution in [-0.2, 0) is 26.7 Å². The average Bonchev–Trinajstić information content (AvgIpc) is 2.59. The molecule has 0 aliphatic rings. The summed E-state index contributed by atoms with van der Waals surface area (Å²) in [5, 5.41) is 0. The lowest BCUT2D eigenvalue weighted by Gasteiger charge is -2.13. The highest BCUT2D eigenvalue weighted by Crippen LogP contribution is 2.13. The molecule has 2 rings (SSSR count). The molecule has 2 aromatic rings. The fourth-order valence-corrected chi connectivity index (χ4v) is 3.30. The zero-order valence-corrected chi connectivity index (χ0v) is 15.9. The van der Waals surface area contributed by atoms with Crippen molar-refractivity contribution in [2.75, 3.05) is 6.26 Å². The van der Waals surface area contributed by atoms with Gasteiger partial charge in [-0.2, -0.15) is 0 Å². The molecule has 0 radical (unpaired) electrons. The van der Waals surface area contributed by atoms with Crippen LogP contribution in [0.3, 0.4) is 0 Å². The number of benzene rings is 2. The summed E-state index contributed by atoms with van der Waals surface area (Å²) in [6.45, 7) is 3.55. The maximum absolute atomic E-state index is 12.4. The predicted octanol–water partition coefficient (Wildman–Crippen LogP) is 3.22. The second-order valence-corrected chi connectivity index (χ2v) is 8.37. The van der Waals surface area contributed by atoms with E-state index in [1.165, 1.54) is 19.1 Å². The van der Waals surface area contributed by atoms with Crippen LogP contribution in [0.1, 0.15) is 45.7 Å². The van der Waals surface area contributed by atoms with Gasteiger partial charge in [-0.15, -0.1) is 0 Å². The Hall–Kier alpha value is -2.47. The van der Waals surface area contributed by atoms with E-state index in [0.29, 0.717) is 11.1 Å². The molecule has 0 spiro atoms. The van der Waals surface area contributed by atoms with Gasteiger partial charge in [-0.3, -0.25) is 4.79 Å². The van der Waals surface area contributed by atoms with Crippen LogP contribution in [0, 0.1) is 0 Å². The SMILES string of the molecule is CCc1ccc(C(=O)C(C)OC(=O)c2cccc(CS(C)(=O)=O)c2)cc1. The van der Waals surface area contributed by atoms with E-state index in [9.17, 15) is 18.0 Å². The molecule has 2 aromatic carbocycles. The molecule has 0 N–H and O–H groups in total. The number of hydrogen-bond acceptors (Lipinski definition) is 5. The van der Waals surface area contributed by atoms with E-state index in [2.05, 4.69) is 0 Å². The molecule has 0 aliphatic carbocycles. The fraction of sp³-hybridized carbons (Fsp3) is 0.300. The van der Waals surface area contributed by atoms with E-state index in [0.717, 1.165) is 18.2 Å². The van der Waals surface area contributed by atoms with Crippen LogP contribution >= 0.6 is 0 Å². The van der Waals surface area contributed by atoms with Crippen molar-refractivity contribution in [3.63, 3.8) is 0 Å². The summed E-state index contributed by atoms with van der Waals surface area (Å²) in [6.07, 6.45) is 1.07. The van der Waals surface area contributed by atoms with E-state index in [1.54, 1.807) is 24.3 Å². The monoisotopic (exact) mass is 374 g/mol. The Bertz CT molecular complexity index is 898. The van der Waals surface area contributed by atoms with Crippen LogP contribution in [0.25, 0.3) is 0 Å². The number of hydrogen-bond donors (Lipinski definition) is 0. The molecule has 0 saturated heterocycles. The number of carbonyl (C=O) groups excluding carboxylic acids is 2. The molecule has 6 heteroatoms. The van der Waals surface area contributed by atoms with Gasteiger partial charge in [0, 0.05) is 11.8 Å². The van der Waals surface area contributed by atoms with E-state index in [4.69, 9.17) is 4.74 Å². The first kappa shape index (κ1) is 19.8. The normalized spacial score (nSPS) is 12.4. The topological polar surface area (TPSA) is 77.5 Å². The van der Waals surface area contributed by atoms with Gasteiger partial charge in [-0.25, -0.2) is 13.2 Å². The number of carbonyl (C=O) groups is 2. The van der Waals surface area contributed by atoms with Crippen LogP contribution in [0.5, 0.6) is 0 Å². The largest absolute Gasteiger partial charge is 0.451 e. The minimum absolute atomic E-state index is 0.160. The van der Waals surface area contributed by atoms with Gasteiger partial charge in [0.25, 0.3) is 0 Å². The third-order valence-electron chi connectivity index (χ3n) is 3.89. The van der Waals surface area contributed by atoms with Crippen molar-refractivity contribution in [2.24, 2.45) is 0 Å². The molecule has 0 fully saturated rings. The van der Waals surface area contributed by atoms with Gasteiger partial charge in [-0.05, 0) is 36.6 Å². The smallest absolute Gasteiger partial charge is 0.338 e. The van der Waals surface area contributed by atoms with Crippen molar-refractivity contribution < 1.29 is 22.7 Å². The molecule has 0 aliphatic heterocycles. The molecule has 5 nitrogen and oxygen atoms in total. The minimum Gasteiger partial charge on any atom is -0.451 e. The van der Waals surface area contributed by atoms with Gasteiger partial charge in [0.1, 0.15) is 0 Å². The zero-order chi connectivity index (χ0) is 19.3. The second-order valence-electron chi connectivity index (χ2n) is 6.23. The molecule has 1 atom stereocenters. The lowest BCUT2D eigenvalue weighted by Crippen LogP contribution is -2.24. The van der Waals surface area contributed by atoms with Crippen molar-refractivity contribution in [3.05, 3.63) is 70.8 Å². The average molecular weight is 374 g/mol. The standard InChI is InChI=1S/C20H22O5S/c1-4-15-8-10-17(11-9-15)19(21)14(2)25-20(22)18-7-5-6-16(12-18)13-26(3,23)24/h5-12,14H,4,13H2,1-3H3. The Kier molecular flexibility index (Phi) is 6.32. The lowest BCUT2D eigenvalue weighted by atomic mass is 10.0. The Balaban J connectivity index is 2.08. The fourth-order valence-electron chi connectivity index (χ4n) is 2.51. The molecule has 138 valence electrons. The third kappa shape index (κ3) is 5.52. The number of rotatable bonds is 7. The quantitative estimate of drug-likeness (QED) is 0.549. The van der Waals surface area contributed by atoms with E-state index in [1.807, 2.05) is 19.1 Å². The van der Waals surface area contributed by atoms with Crippen LogP contribution in [0.15, 0.2) is 48.5 Å². The van der Waals surface area contributed by atoms with E-state index >= 15 is 0 Å². The Morgan fingerprint density at radius 1 is 1.00 bits per heavy atom. The van der Waals surface area contributed by atoms with E-state index in [-0.39, 0.29) is 17.1 Å². The highest BCUT2D eigenvalue weighted by atomic mass is 32.2. The molecule has 0 saturated carbocycles. The number of aryl methyl sites for hydroxylation is 1. The first-order valence-electron chi connectivity index (χ1n) is 8.30. The molecule has 1 unspecified atom stereocenters. The lowest BCUT2D eigenvalue weighted by molar-refractivity contribution is 0.0318. The summed E-state index contributed by atoms with van der Waals surface area (Å²) >= 11 is 0. The summed E-state index contributed by atoms with van der Waals surface area (Å²) in [7, 11) is -3.20. The zero-order valence-electron chi connectivity index (χ0n) is 15.1. The summed E-state index contributed by atoms with van der Waals surface area (Å²) < 4.78 is 28.0. The number of sulfone groups is 1. The Morgan fingerprint density at radius 2 is 1.65 bits per heavy atom. The summed E-state index contributed by atoms with van der Waals surface area (Å²) in [4.78, 5) is 24.7.